The number of halogens is 3. The molecule has 0 amide bonds. The van der Waals surface area contributed by atoms with Crippen LogP contribution in [-0.4, -0.2) is 0 Å². The molecule has 2 aromatic rings. The van der Waals surface area contributed by atoms with E-state index in [0.717, 1.165) is 14.5 Å². The lowest BCUT2D eigenvalue weighted by molar-refractivity contribution is 0.575. The average Bonchev–Trinajstić information content (AvgIpc) is 2.77. The van der Waals surface area contributed by atoms with Gasteiger partial charge in [-0.15, -0.1) is 11.3 Å². The highest BCUT2D eigenvalue weighted by molar-refractivity contribution is 9.10. The molecule has 5 heteroatoms. The first-order chi connectivity index (χ1) is 8.56. The molecule has 0 radical (unpaired) electrons. The summed E-state index contributed by atoms with van der Waals surface area (Å²) < 4.78 is 15.2. The van der Waals surface area contributed by atoms with Crippen LogP contribution in [0.5, 0.6) is 0 Å². The van der Waals surface area contributed by atoms with Crippen molar-refractivity contribution in [1.29, 1.82) is 0 Å². The predicted molar refractivity (Wildman–Crippen MR) is 81.4 cm³/mol. The van der Waals surface area contributed by atoms with E-state index in [1.54, 1.807) is 23.5 Å². The van der Waals surface area contributed by atoms with Crippen molar-refractivity contribution >= 4 is 43.2 Å². The Kier molecular flexibility index (Phi) is 4.95. The molecule has 1 nitrogen and oxygen atoms in total. The van der Waals surface area contributed by atoms with Gasteiger partial charge >= 0.3 is 0 Å². The van der Waals surface area contributed by atoms with E-state index in [4.69, 9.17) is 0 Å². The van der Waals surface area contributed by atoms with Crippen molar-refractivity contribution in [3.05, 3.63) is 54.8 Å². The minimum absolute atomic E-state index is 0.207. The predicted octanol–water partition coefficient (Wildman–Crippen LogP) is 5.26. The average molecular weight is 393 g/mol. The second kappa shape index (κ2) is 6.28. The summed E-state index contributed by atoms with van der Waals surface area (Å²) in [5.74, 6) is -0.207. The molecule has 1 atom stereocenters. The maximum absolute atomic E-state index is 13.1. The van der Waals surface area contributed by atoms with E-state index < -0.39 is 0 Å². The molecule has 1 N–H and O–H groups in total. The molecule has 1 heterocycles. The maximum atomic E-state index is 13.1. The fraction of sp³-hybridized carbons (Fsp3) is 0.231. The molecule has 96 valence electrons. The van der Waals surface area contributed by atoms with Crippen molar-refractivity contribution in [3.8, 4) is 0 Å². The van der Waals surface area contributed by atoms with Crippen molar-refractivity contribution in [2.24, 2.45) is 0 Å². The molecule has 0 aliphatic rings. The molecule has 1 unspecified atom stereocenters. The molecule has 1 aromatic carbocycles. The first-order valence-corrected chi connectivity index (χ1v) is 7.94. The zero-order valence-electron chi connectivity index (χ0n) is 9.71. The van der Waals surface area contributed by atoms with Gasteiger partial charge < -0.3 is 5.32 Å². The number of nitrogens with one attached hydrogen (secondary N) is 1. The third-order valence-corrected chi connectivity index (χ3v) is 5.27. The standard InChI is InChI=1S/C13H12Br2FNS/c1-8(13-5-10(14)7-18-13)17-6-9-4-11(16)2-3-12(9)15/h2-5,7-8,17H,6H2,1H3. The Morgan fingerprint density at radius 1 is 1.33 bits per heavy atom. The van der Waals surface area contributed by atoms with Gasteiger partial charge in [0.2, 0.25) is 0 Å². The largest absolute Gasteiger partial charge is 0.305 e. The van der Waals surface area contributed by atoms with Crippen molar-refractivity contribution in [2.45, 2.75) is 19.5 Å². The first kappa shape index (κ1) is 14.2. The summed E-state index contributed by atoms with van der Waals surface area (Å²) in [6.45, 7) is 2.74. The van der Waals surface area contributed by atoms with Crippen LogP contribution in [-0.2, 0) is 6.54 Å². The fourth-order valence-electron chi connectivity index (χ4n) is 1.60. The quantitative estimate of drug-likeness (QED) is 0.747. The summed E-state index contributed by atoms with van der Waals surface area (Å²) in [5, 5.41) is 5.45. The van der Waals surface area contributed by atoms with Crippen LogP contribution >= 0.6 is 43.2 Å². The third kappa shape index (κ3) is 3.63. The van der Waals surface area contributed by atoms with Crippen LogP contribution in [0.3, 0.4) is 0 Å². The Bertz CT molecular complexity index is 542. The summed E-state index contributed by atoms with van der Waals surface area (Å²) in [7, 11) is 0. The molecule has 18 heavy (non-hydrogen) atoms. The highest BCUT2D eigenvalue weighted by Crippen LogP contribution is 2.26. The number of hydrogen-bond donors (Lipinski definition) is 1. The number of rotatable bonds is 4. The lowest BCUT2D eigenvalue weighted by Gasteiger charge is -2.13. The Hall–Kier alpha value is -0.230. The van der Waals surface area contributed by atoms with Gasteiger partial charge in [-0.05, 0) is 52.7 Å². The van der Waals surface area contributed by atoms with Crippen LogP contribution < -0.4 is 5.32 Å². The van der Waals surface area contributed by atoms with Crippen LogP contribution in [0.1, 0.15) is 23.4 Å². The molecule has 2 rings (SSSR count). The zero-order chi connectivity index (χ0) is 13.1. The van der Waals surface area contributed by atoms with Crippen molar-refractivity contribution in [2.75, 3.05) is 0 Å². The highest BCUT2D eigenvalue weighted by atomic mass is 79.9. The van der Waals surface area contributed by atoms with Crippen LogP contribution in [0, 0.1) is 5.82 Å². The van der Waals surface area contributed by atoms with E-state index in [9.17, 15) is 4.39 Å². The summed E-state index contributed by atoms with van der Waals surface area (Å²) >= 11 is 8.58. The van der Waals surface area contributed by atoms with Crippen molar-refractivity contribution in [3.63, 3.8) is 0 Å². The minimum Gasteiger partial charge on any atom is -0.305 e. The smallest absolute Gasteiger partial charge is 0.123 e. The van der Waals surface area contributed by atoms with Crippen LogP contribution in [0.25, 0.3) is 0 Å². The summed E-state index contributed by atoms with van der Waals surface area (Å²) in [6.07, 6.45) is 0. The maximum Gasteiger partial charge on any atom is 0.123 e. The van der Waals surface area contributed by atoms with Gasteiger partial charge in [0, 0.05) is 31.8 Å². The van der Waals surface area contributed by atoms with Crippen LogP contribution in [0.4, 0.5) is 4.39 Å². The van der Waals surface area contributed by atoms with Crippen LogP contribution in [0.2, 0.25) is 0 Å². The Balaban J connectivity index is 2.01. The SMILES string of the molecule is CC(NCc1cc(F)ccc1Br)c1cc(Br)cs1. The number of benzene rings is 1. The molecular formula is C13H12Br2FNS. The van der Waals surface area contributed by atoms with Gasteiger partial charge in [0.25, 0.3) is 0 Å². The van der Waals surface area contributed by atoms with Gasteiger partial charge in [0.05, 0.1) is 0 Å². The number of thiophene rings is 1. The van der Waals surface area contributed by atoms with E-state index >= 15 is 0 Å². The molecule has 1 aromatic heterocycles. The van der Waals surface area contributed by atoms with Crippen molar-refractivity contribution < 1.29 is 4.39 Å². The first-order valence-electron chi connectivity index (χ1n) is 5.47. The molecule has 0 aliphatic heterocycles. The lowest BCUT2D eigenvalue weighted by atomic mass is 10.2. The van der Waals surface area contributed by atoms with Gasteiger partial charge in [-0.1, -0.05) is 15.9 Å². The molecule has 0 bridgehead atoms. The monoisotopic (exact) mass is 391 g/mol. The van der Waals surface area contributed by atoms with Gasteiger partial charge in [-0.25, -0.2) is 4.39 Å². The van der Waals surface area contributed by atoms with E-state index in [0.29, 0.717) is 6.54 Å². The van der Waals surface area contributed by atoms with E-state index in [1.165, 1.54) is 10.9 Å². The third-order valence-electron chi connectivity index (χ3n) is 2.62. The molecule has 0 aliphatic carbocycles. The molecular weight excluding hydrogens is 381 g/mol. The van der Waals surface area contributed by atoms with Crippen LogP contribution in [0.15, 0.2) is 38.6 Å². The van der Waals surface area contributed by atoms with Gasteiger partial charge in [0.15, 0.2) is 0 Å². The molecule has 0 saturated carbocycles. The van der Waals surface area contributed by atoms with E-state index in [2.05, 4.69) is 55.5 Å². The van der Waals surface area contributed by atoms with Gasteiger partial charge in [-0.2, -0.15) is 0 Å². The molecule has 0 fully saturated rings. The molecule has 0 spiro atoms. The summed E-state index contributed by atoms with van der Waals surface area (Å²) in [4.78, 5) is 1.26. The molecule has 0 saturated heterocycles. The fourth-order valence-corrected chi connectivity index (χ4v) is 3.46. The van der Waals surface area contributed by atoms with Gasteiger partial charge in [0.1, 0.15) is 5.82 Å². The zero-order valence-corrected chi connectivity index (χ0v) is 13.7. The second-order valence-corrected chi connectivity index (χ2v) is 6.72. The Morgan fingerprint density at radius 3 is 2.78 bits per heavy atom. The second-order valence-electron chi connectivity index (χ2n) is 4.01. The van der Waals surface area contributed by atoms with Crippen molar-refractivity contribution in [1.82, 2.24) is 5.32 Å². The highest BCUT2D eigenvalue weighted by Gasteiger charge is 2.09. The summed E-state index contributed by atoms with van der Waals surface area (Å²) in [5.41, 5.74) is 0.928. The normalized spacial score (nSPS) is 12.7. The Labute approximate surface area is 127 Å². The minimum atomic E-state index is -0.207. The lowest BCUT2D eigenvalue weighted by Crippen LogP contribution is -2.17. The number of hydrogen-bond acceptors (Lipinski definition) is 2. The van der Waals surface area contributed by atoms with Gasteiger partial charge in [-0.3, -0.25) is 0 Å². The Morgan fingerprint density at radius 2 is 2.11 bits per heavy atom. The van der Waals surface area contributed by atoms with E-state index in [1.807, 2.05) is 0 Å². The van der Waals surface area contributed by atoms with E-state index in [-0.39, 0.29) is 11.9 Å². The summed E-state index contributed by atoms with van der Waals surface area (Å²) in [6, 6.07) is 7.08. The topological polar surface area (TPSA) is 12.0 Å².